The molecule has 2 aliphatic heterocycles. The lowest BCUT2D eigenvalue weighted by molar-refractivity contribution is -0.0539. The van der Waals surface area contributed by atoms with Crippen molar-refractivity contribution in [3.8, 4) is 0 Å². The average Bonchev–Trinajstić information content (AvgIpc) is 3.73. The third-order valence-corrected chi connectivity index (χ3v) is 11.1. The summed E-state index contributed by atoms with van der Waals surface area (Å²) in [5.41, 5.74) is -0.729. The highest BCUT2D eigenvalue weighted by molar-refractivity contribution is 8.44. The summed E-state index contributed by atoms with van der Waals surface area (Å²) >= 11 is 9.32. The van der Waals surface area contributed by atoms with Crippen molar-refractivity contribution in [3.05, 3.63) is 46.0 Å². The Morgan fingerprint density at radius 2 is 1.53 bits per heavy atom. The van der Waals surface area contributed by atoms with Crippen molar-refractivity contribution in [1.29, 1.82) is 0 Å². The number of rotatable bonds is 2. The van der Waals surface area contributed by atoms with Crippen LogP contribution in [0.15, 0.2) is 34.9 Å². The number of imidazole rings is 2. The Labute approximate surface area is 261 Å². The molecule has 0 radical (unpaired) electrons. The van der Waals surface area contributed by atoms with Crippen LogP contribution in [0.3, 0.4) is 0 Å². The number of hydrogen-bond donors (Lipinski definition) is 3. The Hall–Kier alpha value is -2.42. The van der Waals surface area contributed by atoms with Gasteiger partial charge in [0.05, 0.1) is 44.1 Å². The first-order valence-corrected chi connectivity index (χ1v) is 18.6. The fraction of sp³-hybridized carbons (Fsp3) is 0.545. The van der Waals surface area contributed by atoms with E-state index in [0.717, 1.165) is 0 Å². The summed E-state index contributed by atoms with van der Waals surface area (Å²) in [6.45, 7) is -9.27. The highest BCUT2D eigenvalue weighted by Gasteiger charge is 2.54. The van der Waals surface area contributed by atoms with Crippen LogP contribution in [0.2, 0.25) is 0 Å². The number of nitrogens with zero attached hydrogens (tertiary/aromatic N) is 8. The van der Waals surface area contributed by atoms with E-state index in [1.807, 2.05) is 0 Å². The van der Waals surface area contributed by atoms with E-state index in [-0.39, 0.29) is 28.7 Å². The Balaban J connectivity index is 1.22. The number of thiol groups is 1. The molecule has 242 valence electrons. The number of halogens is 1. The van der Waals surface area contributed by atoms with Gasteiger partial charge < -0.3 is 33.0 Å². The maximum atomic E-state index is 16.1. The molecule has 0 amide bonds. The van der Waals surface area contributed by atoms with E-state index in [2.05, 4.69) is 32.2 Å². The maximum Gasteiger partial charge on any atom is 0.386 e. The van der Waals surface area contributed by atoms with Crippen LogP contribution < -0.4 is 11.1 Å². The monoisotopic (exact) mass is 706 g/mol. The number of alkyl halides is 1. The van der Waals surface area contributed by atoms with Gasteiger partial charge in [0.25, 0.3) is 11.1 Å². The highest BCUT2D eigenvalue weighted by atomic mass is 32.7. The lowest BCUT2D eigenvalue weighted by Gasteiger charge is -2.30. The van der Waals surface area contributed by atoms with Crippen LogP contribution in [-0.2, 0) is 53.3 Å². The minimum atomic E-state index is -4.33. The minimum absolute atomic E-state index is 0.0257. The fourth-order valence-corrected chi connectivity index (χ4v) is 9.05. The highest BCUT2D eigenvalue weighted by Crippen LogP contribution is 2.60. The SMILES string of the molecule is Cn1cnc2c(ncn2[C@@H]2C[C@@H]3OP(O)(=S)O[C@H]4[C@H](F)[C@H](n5cnc6c(=O)n(C)cnc65)O[C@@H]4COP(=O)(S)O[C@@H]2[C@H]3O)c1=O. The van der Waals surface area contributed by atoms with Crippen molar-refractivity contribution in [3.63, 3.8) is 0 Å². The van der Waals surface area contributed by atoms with Crippen LogP contribution in [0, 0.1) is 0 Å². The molecule has 1 aliphatic carbocycles. The fourth-order valence-electron chi connectivity index (χ4n) is 5.76. The van der Waals surface area contributed by atoms with Crippen LogP contribution in [0.25, 0.3) is 22.3 Å². The largest absolute Gasteiger partial charge is 0.388 e. The molecule has 2 N–H and O–H groups in total. The van der Waals surface area contributed by atoms with Gasteiger partial charge in [-0.05, 0) is 11.8 Å². The third-order valence-electron chi connectivity index (χ3n) is 7.94. The molecule has 3 aliphatic rings. The number of hydrogen-bond acceptors (Lipinski definition) is 14. The van der Waals surface area contributed by atoms with Crippen molar-refractivity contribution < 1.29 is 41.8 Å². The molecule has 45 heavy (non-hydrogen) atoms. The standard InChI is InChI=1S/C22H25FN8O10P2S2/c1-28-5-26-18-13(20(28)33)24-7-30(18)9-3-10-15(32)16(9)40-42(35,44)37-4-11-17(41-43(36,45)39-10)12(23)22(38-11)31-8-25-14-19(31)27-6-29(2)21(14)34/h5-12,15-17,22,32H,3-4H2,1-2H3,(H,35,44)(H,36,45)/t9-,10+,11-,12+,15+,16+,17-,22-,42?,43?/m1/s1. The average molecular weight is 707 g/mol. The molecular weight excluding hydrogens is 681 g/mol. The van der Waals surface area contributed by atoms with Crippen LogP contribution in [0.1, 0.15) is 18.7 Å². The topological polar surface area (TPSA) is 209 Å². The third kappa shape index (κ3) is 5.33. The van der Waals surface area contributed by atoms with Crippen molar-refractivity contribution >= 4 is 59.9 Å². The predicted octanol–water partition coefficient (Wildman–Crippen LogP) is 0.255. The normalized spacial score (nSPS) is 37.5. The molecule has 2 saturated heterocycles. The first-order chi connectivity index (χ1) is 21.2. The number of fused-ring (bicyclic) bond motifs is 5. The van der Waals surface area contributed by atoms with Crippen molar-refractivity contribution in [2.75, 3.05) is 6.61 Å². The van der Waals surface area contributed by atoms with Crippen LogP contribution in [-0.4, -0.2) is 91.5 Å². The van der Waals surface area contributed by atoms with Crippen molar-refractivity contribution in [2.45, 2.75) is 55.4 Å². The first kappa shape index (κ1) is 31.2. The van der Waals surface area contributed by atoms with E-state index in [4.69, 9.17) is 34.6 Å². The lowest BCUT2D eigenvalue weighted by Crippen LogP contribution is -2.37. The van der Waals surface area contributed by atoms with E-state index in [1.165, 1.54) is 57.7 Å². The molecule has 1 saturated carbocycles. The second-order valence-corrected chi connectivity index (χ2v) is 16.4. The zero-order valence-electron chi connectivity index (χ0n) is 23.2. The summed E-state index contributed by atoms with van der Waals surface area (Å²) in [5, 5.41) is 11.2. The van der Waals surface area contributed by atoms with Gasteiger partial charge in [-0.15, -0.1) is 0 Å². The molecule has 0 aromatic carbocycles. The van der Waals surface area contributed by atoms with Gasteiger partial charge in [-0.3, -0.25) is 27.7 Å². The van der Waals surface area contributed by atoms with Gasteiger partial charge in [0, 0.05) is 20.5 Å². The molecule has 7 rings (SSSR count). The molecule has 2 unspecified atom stereocenters. The molecule has 4 aromatic rings. The van der Waals surface area contributed by atoms with Gasteiger partial charge in [-0.2, -0.15) is 0 Å². The lowest BCUT2D eigenvalue weighted by atomic mass is 10.1. The molecular formula is C22H25FN8O10P2S2. The Morgan fingerprint density at radius 1 is 0.933 bits per heavy atom. The quantitative estimate of drug-likeness (QED) is 0.189. The minimum Gasteiger partial charge on any atom is -0.388 e. The molecule has 23 heteroatoms. The van der Waals surface area contributed by atoms with Crippen LogP contribution in [0.5, 0.6) is 0 Å². The molecule has 0 spiro atoms. The van der Waals surface area contributed by atoms with E-state index in [1.54, 1.807) is 0 Å². The Kier molecular flexibility index (Phi) is 7.69. The molecule has 2 bridgehead atoms. The summed E-state index contributed by atoms with van der Waals surface area (Å²) in [4.78, 5) is 52.7. The predicted molar refractivity (Wildman–Crippen MR) is 158 cm³/mol. The number of ether oxygens (including phenoxy) is 1. The molecule has 4 aromatic heterocycles. The summed E-state index contributed by atoms with van der Waals surface area (Å²) in [5.74, 6) is 0. The summed E-state index contributed by atoms with van der Waals surface area (Å²) in [6.07, 6.45) is -5.81. The van der Waals surface area contributed by atoms with E-state index in [9.17, 15) is 24.2 Å². The van der Waals surface area contributed by atoms with Gasteiger partial charge >= 0.3 is 13.5 Å². The summed E-state index contributed by atoms with van der Waals surface area (Å²) < 4.78 is 63.1. The van der Waals surface area contributed by atoms with Crippen LogP contribution >= 0.6 is 25.8 Å². The molecule has 6 heterocycles. The van der Waals surface area contributed by atoms with Gasteiger partial charge in [-0.1, -0.05) is 12.2 Å². The summed E-state index contributed by atoms with van der Waals surface area (Å²) in [6, 6.07) is -0.904. The number of aryl methyl sites for hydroxylation is 2. The molecule has 3 fully saturated rings. The number of aliphatic hydroxyl groups excluding tert-OH is 1. The Bertz CT molecular complexity index is 2040. The van der Waals surface area contributed by atoms with Gasteiger partial charge in [0.15, 0.2) is 34.7 Å². The number of aromatic nitrogens is 8. The van der Waals surface area contributed by atoms with Crippen LogP contribution in [0.4, 0.5) is 4.39 Å². The zero-order chi connectivity index (χ0) is 32.0. The maximum absolute atomic E-state index is 16.1. The number of aliphatic hydroxyl groups is 1. The smallest absolute Gasteiger partial charge is 0.386 e. The van der Waals surface area contributed by atoms with Gasteiger partial charge in [0.2, 0.25) is 0 Å². The van der Waals surface area contributed by atoms with Gasteiger partial charge in [0.1, 0.15) is 24.4 Å². The van der Waals surface area contributed by atoms with Gasteiger partial charge in [-0.25, -0.2) is 28.9 Å². The van der Waals surface area contributed by atoms with E-state index >= 15 is 4.39 Å². The first-order valence-electron chi connectivity index (χ1n) is 13.3. The Morgan fingerprint density at radius 3 is 2.18 bits per heavy atom. The van der Waals surface area contributed by atoms with Crippen molar-refractivity contribution in [2.24, 2.45) is 14.1 Å². The second kappa shape index (κ2) is 11.1. The zero-order valence-corrected chi connectivity index (χ0v) is 26.7. The molecule has 10 atom stereocenters. The van der Waals surface area contributed by atoms with E-state index in [0.29, 0.717) is 0 Å². The summed E-state index contributed by atoms with van der Waals surface area (Å²) in [7, 11) is 2.99. The second-order valence-electron chi connectivity index (χ2n) is 10.8. The van der Waals surface area contributed by atoms with Crippen molar-refractivity contribution in [1.82, 2.24) is 38.2 Å². The van der Waals surface area contributed by atoms with E-state index < -0.39 is 80.2 Å². The molecule has 18 nitrogen and oxygen atoms in total.